The van der Waals surface area contributed by atoms with Gasteiger partial charge in [0.2, 0.25) is 0 Å². The van der Waals surface area contributed by atoms with Crippen molar-refractivity contribution in [1.82, 2.24) is 0 Å². The number of ether oxygens (including phenoxy) is 1. The monoisotopic (exact) mass is 199 g/mol. The molecule has 0 fully saturated rings. The number of unbranched alkanes of at least 4 members (excludes halogenated alkanes) is 3. The summed E-state index contributed by atoms with van der Waals surface area (Å²) >= 11 is 0. The third-order valence-corrected chi connectivity index (χ3v) is 2.27. The van der Waals surface area contributed by atoms with Crippen LogP contribution in [0.5, 0.6) is 0 Å². The third-order valence-electron chi connectivity index (χ3n) is 2.27. The topological polar surface area (TPSA) is 35.2 Å². The molecule has 0 saturated heterocycles. The van der Waals surface area contributed by atoms with Crippen molar-refractivity contribution in [3.8, 4) is 0 Å². The molecule has 0 aliphatic carbocycles. The fraction of sp³-hybridized carbons (Fsp3) is 0.833. The van der Waals surface area contributed by atoms with Crippen molar-refractivity contribution < 1.29 is 4.74 Å². The molecule has 2 heteroatoms. The van der Waals surface area contributed by atoms with Crippen LogP contribution in [0.2, 0.25) is 0 Å². The first kappa shape index (κ1) is 13.7. The summed E-state index contributed by atoms with van der Waals surface area (Å²) in [6.45, 7) is 3.77. The van der Waals surface area contributed by atoms with Crippen molar-refractivity contribution in [3.05, 3.63) is 11.6 Å². The molecule has 2 N–H and O–H groups in total. The van der Waals surface area contributed by atoms with Crippen molar-refractivity contribution in [2.24, 2.45) is 5.73 Å². The van der Waals surface area contributed by atoms with Crippen LogP contribution in [-0.4, -0.2) is 20.3 Å². The van der Waals surface area contributed by atoms with Gasteiger partial charge in [-0.05, 0) is 37.8 Å². The molecule has 0 spiro atoms. The molecule has 0 amide bonds. The molecule has 0 radical (unpaired) electrons. The summed E-state index contributed by atoms with van der Waals surface area (Å²) in [5.41, 5.74) is 6.89. The first-order valence-electron chi connectivity index (χ1n) is 5.72. The van der Waals surface area contributed by atoms with Gasteiger partial charge in [-0.3, -0.25) is 0 Å². The molecule has 14 heavy (non-hydrogen) atoms. The second kappa shape index (κ2) is 10.7. The predicted octanol–water partition coefficient (Wildman–Crippen LogP) is 2.88. The van der Waals surface area contributed by atoms with Gasteiger partial charge in [0.15, 0.2) is 0 Å². The molecular formula is C12H25NO. The maximum absolute atomic E-state index is 5.48. The lowest BCUT2D eigenvalue weighted by molar-refractivity contribution is 0.222. The van der Waals surface area contributed by atoms with Crippen molar-refractivity contribution in [3.63, 3.8) is 0 Å². The Bertz CT molecular complexity index is 143. The largest absolute Gasteiger partial charge is 0.380 e. The molecule has 0 unspecified atom stereocenters. The number of hydrogen-bond donors (Lipinski definition) is 1. The Hall–Kier alpha value is -0.340. The molecule has 2 nitrogen and oxygen atoms in total. The Kier molecular flexibility index (Phi) is 10.5. The number of allylic oxidation sites excluding steroid dienone is 1. The van der Waals surface area contributed by atoms with Gasteiger partial charge in [-0.15, -0.1) is 0 Å². The van der Waals surface area contributed by atoms with Crippen molar-refractivity contribution >= 4 is 0 Å². The lowest BCUT2D eigenvalue weighted by Crippen LogP contribution is -2.02. The summed E-state index contributed by atoms with van der Waals surface area (Å²) in [6, 6.07) is 0. The van der Waals surface area contributed by atoms with Crippen LogP contribution in [0.15, 0.2) is 11.6 Å². The van der Waals surface area contributed by atoms with Gasteiger partial charge in [-0.2, -0.15) is 0 Å². The Labute approximate surface area is 88.5 Å². The minimum atomic E-state index is 0.770. The quantitative estimate of drug-likeness (QED) is 0.458. The van der Waals surface area contributed by atoms with Crippen LogP contribution in [0, 0.1) is 0 Å². The zero-order valence-corrected chi connectivity index (χ0v) is 9.72. The molecule has 84 valence electrons. The van der Waals surface area contributed by atoms with Gasteiger partial charge in [-0.1, -0.05) is 25.8 Å². The van der Waals surface area contributed by atoms with E-state index in [1.165, 1.54) is 31.3 Å². The van der Waals surface area contributed by atoms with Gasteiger partial charge >= 0.3 is 0 Å². The maximum atomic E-state index is 5.48. The van der Waals surface area contributed by atoms with E-state index < -0.39 is 0 Å². The summed E-state index contributed by atoms with van der Waals surface area (Å²) < 4.78 is 5.15. The van der Waals surface area contributed by atoms with Gasteiger partial charge in [0, 0.05) is 7.11 Å². The second-order valence-electron chi connectivity index (χ2n) is 3.68. The summed E-state index contributed by atoms with van der Waals surface area (Å²) in [7, 11) is 1.75. The minimum Gasteiger partial charge on any atom is -0.380 e. The predicted molar refractivity (Wildman–Crippen MR) is 62.4 cm³/mol. The Morgan fingerprint density at radius 1 is 1.29 bits per heavy atom. The summed E-state index contributed by atoms with van der Waals surface area (Å²) in [5.74, 6) is 0. The van der Waals surface area contributed by atoms with E-state index in [0.29, 0.717) is 0 Å². The standard InChI is InChI=1S/C12H25NO/c1-3-4-5-6-8-12(11-14-2)9-7-10-13/h8H,3-7,9-11,13H2,1-2H3/b12-8-. The third kappa shape index (κ3) is 8.27. The van der Waals surface area contributed by atoms with Gasteiger partial charge in [-0.25, -0.2) is 0 Å². The fourth-order valence-corrected chi connectivity index (χ4v) is 1.45. The fourth-order valence-electron chi connectivity index (χ4n) is 1.45. The highest BCUT2D eigenvalue weighted by Crippen LogP contribution is 2.09. The Morgan fingerprint density at radius 3 is 2.64 bits per heavy atom. The smallest absolute Gasteiger partial charge is 0.0673 e. The van der Waals surface area contributed by atoms with Crippen molar-refractivity contribution in [2.75, 3.05) is 20.3 Å². The average molecular weight is 199 g/mol. The number of hydrogen-bond acceptors (Lipinski definition) is 2. The van der Waals surface area contributed by atoms with E-state index in [0.717, 1.165) is 26.0 Å². The maximum Gasteiger partial charge on any atom is 0.0673 e. The molecule has 0 aromatic carbocycles. The van der Waals surface area contributed by atoms with Crippen LogP contribution >= 0.6 is 0 Å². The lowest BCUT2D eigenvalue weighted by Gasteiger charge is -2.05. The van der Waals surface area contributed by atoms with E-state index in [9.17, 15) is 0 Å². The molecule has 0 atom stereocenters. The van der Waals surface area contributed by atoms with E-state index in [-0.39, 0.29) is 0 Å². The SMILES string of the molecule is CCCCC/C=C(/CCCN)COC. The van der Waals surface area contributed by atoms with Gasteiger partial charge in [0.05, 0.1) is 6.61 Å². The molecule has 0 bridgehead atoms. The van der Waals surface area contributed by atoms with Gasteiger partial charge in [0.25, 0.3) is 0 Å². The van der Waals surface area contributed by atoms with Crippen LogP contribution < -0.4 is 5.73 Å². The number of methoxy groups -OCH3 is 1. The minimum absolute atomic E-state index is 0.770. The molecule has 0 aromatic rings. The van der Waals surface area contributed by atoms with E-state index in [4.69, 9.17) is 10.5 Å². The lowest BCUT2D eigenvalue weighted by atomic mass is 10.1. The highest BCUT2D eigenvalue weighted by Gasteiger charge is 1.95. The molecule has 0 aliphatic heterocycles. The average Bonchev–Trinajstić information content (AvgIpc) is 2.20. The zero-order chi connectivity index (χ0) is 10.6. The van der Waals surface area contributed by atoms with Crippen LogP contribution in [0.1, 0.15) is 45.4 Å². The number of nitrogens with two attached hydrogens (primary N) is 1. The van der Waals surface area contributed by atoms with Crippen molar-refractivity contribution in [2.45, 2.75) is 45.4 Å². The van der Waals surface area contributed by atoms with E-state index >= 15 is 0 Å². The molecule has 0 heterocycles. The van der Waals surface area contributed by atoms with E-state index in [1.54, 1.807) is 7.11 Å². The van der Waals surface area contributed by atoms with Crippen molar-refractivity contribution in [1.29, 1.82) is 0 Å². The van der Waals surface area contributed by atoms with Crippen LogP contribution in [0.25, 0.3) is 0 Å². The number of rotatable bonds is 9. The zero-order valence-electron chi connectivity index (χ0n) is 9.72. The van der Waals surface area contributed by atoms with Crippen LogP contribution in [0.4, 0.5) is 0 Å². The molecule has 0 rings (SSSR count). The van der Waals surface area contributed by atoms with Gasteiger partial charge < -0.3 is 10.5 Å². The Morgan fingerprint density at radius 2 is 2.07 bits per heavy atom. The highest BCUT2D eigenvalue weighted by atomic mass is 16.5. The summed E-state index contributed by atoms with van der Waals surface area (Å²) in [5, 5.41) is 0. The molecule has 0 saturated carbocycles. The van der Waals surface area contributed by atoms with Crippen LogP contribution in [-0.2, 0) is 4.74 Å². The molecular weight excluding hydrogens is 174 g/mol. The van der Waals surface area contributed by atoms with E-state index in [1.807, 2.05) is 0 Å². The highest BCUT2D eigenvalue weighted by molar-refractivity contribution is 5.02. The van der Waals surface area contributed by atoms with E-state index in [2.05, 4.69) is 13.0 Å². The second-order valence-corrected chi connectivity index (χ2v) is 3.68. The first-order valence-corrected chi connectivity index (χ1v) is 5.72. The van der Waals surface area contributed by atoms with Gasteiger partial charge in [0.1, 0.15) is 0 Å². The van der Waals surface area contributed by atoms with Crippen LogP contribution in [0.3, 0.4) is 0 Å². The Balaban J connectivity index is 3.67. The summed E-state index contributed by atoms with van der Waals surface area (Å²) in [4.78, 5) is 0. The first-order chi connectivity index (χ1) is 6.85. The summed E-state index contributed by atoms with van der Waals surface area (Å²) in [6.07, 6.45) is 9.60. The normalized spacial score (nSPS) is 12.1. The molecule has 0 aromatic heterocycles. The molecule has 0 aliphatic rings.